The van der Waals surface area contributed by atoms with E-state index in [0.29, 0.717) is 5.82 Å². The van der Waals surface area contributed by atoms with E-state index in [1.807, 2.05) is 11.4 Å². The molecule has 2 heterocycles. The van der Waals surface area contributed by atoms with Crippen molar-refractivity contribution < 1.29 is 14.6 Å². The van der Waals surface area contributed by atoms with Gasteiger partial charge in [0.1, 0.15) is 5.75 Å². The van der Waals surface area contributed by atoms with Crippen LogP contribution < -0.4 is 4.74 Å². The van der Waals surface area contributed by atoms with Crippen LogP contribution in [0.2, 0.25) is 0 Å². The highest BCUT2D eigenvalue weighted by Gasteiger charge is 2.12. The van der Waals surface area contributed by atoms with Gasteiger partial charge in [0.05, 0.1) is 25.0 Å². The number of rotatable bonds is 5. The molecule has 17 heavy (non-hydrogen) atoms. The van der Waals surface area contributed by atoms with E-state index in [9.17, 15) is 4.79 Å². The molecule has 0 atom stereocenters. The molecule has 1 N–H and O–H groups in total. The molecule has 0 aliphatic rings. The first-order valence-corrected chi connectivity index (χ1v) is 5.69. The van der Waals surface area contributed by atoms with Crippen molar-refractivity contribution in [2.45, 2.75) is 13.0 Å². The van der Waals surface area contributed by atoms with Crippen LogP contribution in [0.5, 0.6) is 5.75 Å². The van der Waals surface area contributed by atoms with Gasteiger partial charge in [-0.05, 0) is 10.4 Å². The average Bonchev–Trinajstić information content (AvgIpc) is 2.94. The monoisotopic (exact) mass is 254 g/mol. The third-order valence-corrected chi connectivity index (χ3v) is 3.01. The van der Waals surface area contributed by atoms with Gasteiger partial charge >= 0.3 is 5.97 Å². The third-order valence-electron chi connectivity index (χ3n) is 2.10. The van der Waals surface area contributed by atoms with E-state index in [4.69, 9.17) is 9.84 Å². The first kappa shape index (κ1) is 11.5. The first-order valence-electron chi connectivity index (χ1n) is 4.81. The molecular formula is C9H10N4O3S. The van der Waals surface area contributed by atoms with Gasteiger partial charge in [0.25, 0.3) is 0 Å². The molecule has 0 fully saturated rings. The fourth-order valence-corrected chi connectivity index (χ4v) is 2.12. The second kappa shape index (κ2) is 4.91. The minimum absolute atomic E-state index is 0.0133. The largest absolute Gasteiger partial charge is 0.496 e. The minimum atomic E-state index is -0.879. The van der Waals surface area contributed by atoms with Crippen molar-refractivity contribution >= 4 is 17.3 Å². The summed E-state index contributed by atoms with van der Waals surface area (Å²) in [6.07, 6.45) is -0.0133. The molecule has 0 amide bonds. The highest BCUT2D eigenvalue weighted by molar-refractivity contribution is 7.13. The molecule has 0 aliphatic carbocycles. The van der Waals surface area contributed by atoms with Gasteiger partial charge in [-0.2, -0.15) is 0 Å². The summed E-state index contributed by atoms with van der Waals surface area (Å²) in [7, 11) is 1.58. The molecular weight excluding hydrogens is 244 g/mol. The number of carboxylic acid groups (broad SMARTS) is 1. The molecule has 2 aromatic heterocycles. The maximum absolute atomic E-state index is 10.5. The molecule has 0 aromatic carbocycles. The Morgan fingerprint density at radius 3 is 3.12 bits per heavy atom. The maximum atomic E-state index is 10.5. The van der Waals surface area contributed by atoms with E-state index in [0.717, 1.165) is 10.6 Å². The highest BCUT2D eigenvalue weighted by Crippen LogP contribution is 2.29. The van der Waals surface area contributed by atoms with Gasteiger partial charge in [0, 0.05) is 11.4 Å². The molecule has 0 radical (unpaired) electrons. The van der Waals surface area contributed by atoms with Crippen LogP contribution in [-0.4, -0.2) is 38.4 Å². The van der Waals surface area contributed by atoms with Crippen LogP contribution in [-0.2, 0) is 11.3 Å². The van der Waals surface area contributed by atoms with Gasteiger partial charge in [-0.15, -0.1) is 16.4 Å². The lowest BCUT2D eigenvalue weighted by Crippen LogP contribution is -2.07. The maximum Gasteiger partial charge on any atom is 0.305 e. The molecule has 0 aliphatic heterocycles. The zero-order valence-electron chi connectivity index (χ0n) is 9.03. The van der Waals surface area contributed by atoms with Gasteiger partial charge in [0.2, 0.25) is 0 Å². The summed E-state index contributed by atoms with van der Waals surface area (Å²) in [6.45, 7) is 0.248. The van der Waals surface area contributed by atoms with E-state index in [-0.39, 0.29) is 13.0 Å². The van der Waals surface area contributed by atoms with Gasteiger partial charge in [-0.1, -0.05) is 0 Å². The number of aliphatic carboxylic acids is 1. The molecule has 0 unspecified atom stereocenters. The summed E-state index contributed by atoms with van der Waals surface area (Å²) in [5, 5.41) is 21.6. The Morgan fingerprint density at radius 1 is 1.65 bits per heavy atom. The second-order valence-electron chi connectivity index (χ2n) is 3.22. The lowest BCUT2D eigenvalue weighted by Gasteiger charge is -1.99. The van der Waals surface area contributed by atoms with Crippen molar-refractivity contribution in [3.63, 3.8) is 0 Å². The summed E-state index contributed by atoms with van der Waals surface area (Å²) in [5.74, 6) is 0.410. The van der Waals surface area contributed by atoms with Crippen LogP contribution in [0.3, 0.4) is 0 Å². The summed E-state index contributed by atoms with van der Waals surface area (Å²) >= 11 is 1.44. The number of carbonyl (C=O) groups is 1. The first-order chi connectivity index (χ1) is 8.20. The Balaban J connectivity index is 2.20. The second-order valence-corrected chi connectivity index (χ2v) is 4.13. The standard InChI is InChI=1S/C9H10N4O3S/c1-16-6-4-7(17-5-6)9-10-11-12-13(9)3-2-8(14)15/h4-5H,2-3H2,1H3,(H,14,15). The zero-order chi connectivity index (χ0) is 12.3. The normalized spacial score (nSPS) is 10.4. The van der Waals surface area contributed by atoms with E-state index in [1.165, 1.54) is 16.0 Å². The molecule has 2 aromatic rings. The lowest BCUT2D eigenvalue weighted by molar-refractivity contribution is -0.137. The number of hydrogen-bond acceptors (Lipinski definition) is 6. The predicted octanol–water partition coefficient (Wildman–Crippen LogP) is 0.885. The van der Waals surface area contributed by atoms with E-state index >= 15 is 0 Å². The van der Waals surface area contributed by atoms with E-state index < -0.39 is 5.97 Å². The number of hydrogen-bond donors (Lipinski definition) is 1. The Bertz CT molecular complexity index is 522. The highest BCUT2D eigenvalue weighted by atomic mass is 32.1. The third kappa shape index (κ3) is 2.59. The van der Waals surface area contributed by atoms with Crippen molar-refractivity contribution in [3.8, 4) is 16.5 Å². The van der Waals surface area contributed by atoms with E-state index in [1.54, 1.807) is 7.11 Å². The van der Waals surface area contributed by atoms with Crippen molar-refractivity contribution in [1.82, 2.24) is 20.2 Å². The van der Waals surface area contributed by atoms with Crippen LogP contribution in [0.1, 0.15) is 6.42 Å². The smallest absolute Gasteiger partial charge is 0.305 e. The van der Waals surface area contributed by atoms with Crippen LogP contribution in [0.25, 0.3) is 10.7 Å². The quantitative estimate of drug-likeness (QED) is 0.852. The molecule has 8 heteroatoms. The summed E-state index contributed by atoms with van der Waals surface area (Å²) < 4.78 is 6.54. The lowest BCUT2D eigenvalue weighted by atomic mass is 10.4. The van der Waals surface area contributed by atoms with Gasteiger partial charge in [-0.3, -0.25) is 4.79 Å². The Hall–Kier alpha value is -1.96. The zero-order valence-corrected chi connectivity index (χ0v) is 9.85. The van der Waals surface area contributed by atoms with Crippen molar-refractivity contribution in [3.05, 3.63) is 11.4 Å². The Labute approximate surface area is 101 Å². The van der Waals surface area contributed by atoms with Crippen molar-refractivity contribution in [1.29, 1.82) is 0 Å². The molecule has 0 spiro atoms. The Kier molecular flexibility index (Phi) is 3.33. The summed E-state index contributed by atoms with van der Waals surface area (Å²) in [4.78, 5) is 11.3. The number of aromatic nitrogens is 4. The summed E-state index contributed by atoms with van der Waals surface area (Å²) in [6, 6.07) is 1.81. The SMILES string of the molecule is COc1csc(-c2nnnn2CCC(=O)O)c1. The van der Waals surface area contributed by atoms with Gasteiger partial charge in [0.15, 0.2) is 5.82 Å². The molecule has 7 nitrogen and oxygen atoms in total. The fourth-order valence-electron chi connectivity index (χ4n) is 1.28. The molecule has 0 bridgehead atoms. The van der Waals surface area contributed by atoms with Crippen LogP contribution in [0.4, 0.5) is 0 Å². The van der Waals surface area contributed by atoms with E-state index in [2.05, 4.69) is 15.5 Å². The number of ether oxygens (including phenoxy) is 1. The van der Waals surface area contributed by atoms with Crippen LogP contribution >= 0.6 is 11.3 Å². The molecule has 0 saturated carbocycles. The van der Waals surface area contributed by atoms with Gasteiger partial charge in [-0.25, -0.2) is 4.68 Å². The molecule has 2 rings (SSSR count). The van der Waals surface area contributed by atoms with Crippen LogP contribution in [0, 0.1) is 0 Å². The van der Waals surface area contributed by atoms with Crippen LogP contribution in [0.15, 0.2) is 11.4 Å². The predicted molar refractivity (Wildman–Crippen MR) is 59.9 cm³/mol. The number of nitrogens with zero attached hydrogens (tertiary/aromatic N) is 4. The summed E-state index contributed by atoms with van der Waals surface area (Å²) in [5.41, 5.74) is 0. The molecule has 0 saturated heterocycles. The topological polar surface area (TPSA) is 90.1 Å². The fraction of sp³-hybridized carbons (Fsp3) is 0.333. The van der Waals surface area contributed by atoms with Crippen molar-refractivity contribution in [2.24, 2.45) is 0 Å². The minimum Gasteiger partial charge on any atom is -0.496 e. The van der Waals surface area contributed by atoms with Gasteiger partial charge < -0.3 is 9.84 Å². The number of methoxy groups -OCH3 is 1. The number of thiophene rings is 1. The average molecular weight is 254 g/mol. The number of tetrazole rings is 1. The number of aryl methyl sites for hydroxylation is 1. The molecule has 90 valence electrons. The number of carboxylic acids is 1. The Morgan fingerprint density at radius 2 is 2.47 bits per heavy atom. The van der Waals surface area contributed by atoms with Crippen molar-refractivity contribution in [2.75, 3.05) is 7.11 Å².